The summed E-state index contributed by atoms with van der Waals surface area (Å²) in [7, 11) is 1.75. The van der Waals surface area contributed by atoms with E-state index in [1.807, 2.05) is 0 Å². The molecule has 0 spiro atoms. The molecule has 0 aromatic heterocycles. The third kappa shape index (κ3) is 13.7. The van der Waals surface area contributed by atoms with Crippen LogP contribution in [-0.4, -0.2) is 39.3 Å². The van der Waals surface area contributed by atoms with E-state index in [0.29, 0.717) is 25.6 Å². The van der Waals surface area contributed by atoms with Gasteiger partial charge in [-0.3, -0.25) is 4.79 Å². The Balaban J connectivity index is 0. The van der Waals surface area contributed by atoms with E-state index in [-0.39, 0.29) is 18.3 Å². The maximum Gasteiger partial charge on any atom is 0.234 e. The van der Waals surface area contributed by atoms with Crippen molar-refractivity contribution in [3.05, 3.63) is 0 Å². The molecule has 92 valence electrons. The van der Waals surface area contributed by atoms with Crippen LogP contribution in [0.2, 0.25) is 0 Å². The molecule has 5 heteroatoms. The molecule has 0 bridgehead atoms. The molecule has 0 unspecified atom stereocenters. The van der Waals surface area contributed by atoms with Gasteiger partial charge in [-0.25, -0.2) is 0 Å². The molecule has 1 amide bonds. The van der Waals surface area contributed by atoms with Crippen LogP contribution in [0.25, 0.3) is 0 Å². The number of likely N-dealkylation sites (N-methyl/N-ethyl adjacent to an activating group) is 1. The van der Waals surface area contributed by atoms with Crippen LogP contribution in [0.3, 0.4) is 0 Å². The second kappa shape index (κ2) is 11.8. The first-order chi connectivity index (χ1) is 6.66. The van der Waals surface area contributed by atoms with Crippen molar-refractivity contribution in [1.29, 1.82) is 0 Å². The summed E-state index contributed by atoms with van der Waals surface area (Å²) in [4.78, 5) is 11.0. The van der Waals surface area contributed by atoms with E-state index in [4.69, 9.17) is 4.74 Å². The van der Waals surface area contributed by atoms with E-state index in [1.54, 1.807) is 7.05 Å². The first-order valence-electron chi connectivity index (χ1n) is 5.16. The molecule has 0 atom stereocenters. The summed E-state index contributed by atoms with van der Waals surface area (Å²) in [5.41, 5.74) is 0. The lowest BCUT2D eigenvalue weighted by Gasteiger charge is -2.07. The Morgan fingerprint density at radius 1 is 1.33 bits per heavy atom. The third-order valence-corrected chi connectivity index (χ3v) is 1.75. The van der Waals surface area contributed by atoms with E-state index in [2.05, 4.69) is 24.5 Å². The van der Waals surface area contributed by atoms with Gasteiger partial charge in [0.1, 0.15) is 0 Å². The monoisotopic (exact) mass is 238 g/mol. The van der Waals surface area contributed by atoms with Crippen LogP contribution in [0.4, 0.5) is 0 Å². The number of carbonyl (C=O) groups is 1. The minimum atomic E-state index is 0. The zero-order valence-corrected chi connectivity index (χ0v) is 10.7. The summed E-state index contributed by atoms with van der Waals surface area (Å²) < 4.78 is 5.34. The van der Waals surface area contributed by atoms with Crippen molar-refractivity contribution >= 4 is 18.3 Å². The molecular formula is C10H23ClN2O2. The van der Waals surface area contributed by atoms with Gasteiger partial charge in [0, 0.05) is 13.2 Å². The molecule has 0 aromatic carbocycles. The highest BCUT2D eigenvalue weighted by molar-refractivity contribution is 5.85. The zero-order valence-electron chi connectivity index (χ0n) is 9.84. The Kier molecular flexibility index (Phi) is 13.4. The maximum atomic E-state index is 11.0. The number of hydrogen-bond donors (Lipinski definition) is 2. The number of nitrogens with one attached hydrogen (secondary N) is 2. The van der Waals surface area contributed by atoms with E-state index in [9.17, 15) is 4.79 Å². The van der Waals surface area contributed by atoms with Gasteiger partial charge in [0.25, 0.3) is 0 Å². The predicted octanol–water partition coefficient (Wildman–Crippen LogP) is 0.806. The Bertz CT molecular complexity index is 154. The Hall–Kier alpha value is -0.320. The minimum absolute atomic E-state index is 0. The van der Waals surface area contributed by atoms with Crippen molar-refractivity contribution in [2.24, 2.45) is 5.92 Å². The van der Waals surface area contributed by atoms with Crippen molar-refractivity contribution in [3.63, 3.8) is 0 Å². The van der Waals surface area contributed by atoms with Gasteiger partial charge in [0.15, 0.2) is 0 Å². The van der Waals surface area contributed by atoms with Crippen molar-refractivity contribution in [2.45, 2.75) is 20.3 Å². The van der Waals surface area contributed by atoms with Crippen LogP contribution in [0.5, 0.6) is 0 Å². The minimum Gasteiger partial charge on any atom is -0.380 e. The molecule has 0 aliphatic rings. The Morgan fingerprint density at radius 3 is 2.53 bits per heavy atom. The molecule has 0 aliphatic carbocycles. The summed E-state index contributed by atoms with van der Waals surface area (Å²) in [5, 5.41) is 5.53. The SMILES string of the molecule is CNCC(=O)NCCOCCC(C)C.Cl. The number of carbonyl (C=O) groups excluding carboxylic acids is 1. The molecular weight excluding hydrogens is 216 g/mol. The molecule has 15 heavy (non-hydrogen) atoms. The Morgan fingerprint density at radius 2 is 2.00 bits per heavy atom. The number of hydrogen-bond acceptors (Lipinski definition) is 3. The number of halogens is 1. The largest absolute Gasteiger partial charge is 0.380 e. The van der Waals surface area contributed by atoms with Crippen molar-refractivity contribution in [3.8, 4) is 0 Å². The third-order valence-electron chi connectivity index (χ3n) is 1.75. The molecule has 2 N–H and O–H groups in total. The summed E-state index contributed by atoms with van der Waals surface area (Å²) in [6, 6.07) is 0. The summed E-state index contributed by atoms with van der Waals surface area (Å²) in [6.07, 6.45) is 1.07. The zero-order chi connectivity index (χ0) is 10.8. The van der Waals surface area contributed by atoms with Gasteiger partial charge in [-0.1, -0.05) is 13.8 Å². The fraction of sp³-hybridized carbons (Fsp3) is 0.900. The second-order valence-corrected chi connectivity index (χ2v) is 3.68. The first kappa shape index (κ1) is 17.1. The molecule has 0 aromatic rings. The lowest BCUT2D eigenvalue weighted by molar-refractivity contribution is -0.120. The molecule has 4 nitrogen and oxygen atoms in total. The smallest absolute Gasteiger partial charge is 0.234 e. The van der Waals surface area contributed by atoms with E-state index < -0.39 is 0 Å². The lowest BCUT2D eigenvalue weighted by atomic mass is 10.1. The highest BCUT2D eigenvalue weighted by Gasteiger charge is 1.97. The predicted molar refractivity (Wildman–Crippen MR) is 64.5 cm³/mol. The van der Waals surface area contributed by atoms with Gasteiger partial charge >= 0.3 is 0 Å². The fourth-order valence-electron chi connectivity index (χ4n) is 0.907. The van der Waals surface area contributed by atoms with Gasteiger partial charge in [-0.05, 0) is 19.4 Å². The maximum absolute atomic E-state index is 11.0. The molecule has 0 heterocycles. The fourth-order valence-corrected chi connectivity index (χ4v) is 0.907. The highest BCUT2D eigenvalue weighted by Crippen LogP contribution is 1.97. The molecule has 0 fully saturated rings. The van der Waals surface area contributed by atoms with E-state index in [1.165, 1.54) is 0 Å². The second-order valence-electron chi connectivity index (χ2n) is 3.68. The topological polar surface area (TPSA) is 50.4 Å². The molecule has 0 radical (unpaired) electrons. The van der Waals surface area contributed by atoms with Gasteiger partial charge < -0.3 is 15.4 Å². The van der Waals surface area contributed by atoms with Crippen LogP contribution in [0, 0.1) is 5.92 Å². The van der Waals surface area contributed by atoms with Crippen molar-refractivity contribution < 1.29 is 9.53 Å². The quantitative estimate of drug-likeness (QED) is 0.616. The van der Waals surface area contributed by atoms with Crippen LogP contribution < -0.4 is 10.6 Å². The summed E-state index contributed by atoms with van der Waals surface area (Å²) in [6.45, 7) is 6.67. The lowest BCUT2D eigenvalue weighted by Crippen LogP contribution is -2.34. The number of rotatable bonds is 8. The van der Waals surface area contributed by atoms with Crippen LogP contribution in [0.15, 0.2) is 0 Å². The molecule has 0 saturated carbocycles. The molecule has 0 rings (SSSR count). The standard InChI is InChI=1S/C10H22N2O2.ClH/c1-9(2)4-6-14-7-5-12-10(13)8-11-3;/h9,11H,4-8H2,1-3H3,(H,12,13);1H. The summed E-state index contributed by atoms with van der Waals surface area (Å²) >= 11 is 0. The number of ether oxygens (including phenoxy) is 1. The van der Waals surface area contributed by atoms with Crippen molar-refractivity contribution in [2.75, 3.05) is 33.4 Å². The van der Waals surface area contributed by atoms with Crippen LogP contribution in [0.1, 0.15) is 20.3 Å². The molecule has 0 saturated heterocycles. The average molecular weight is 239 g/mol. The number of amides is 1. The van der Waals surface area contributed by atoms with Gasteiger partial charge in [-0.2, -0.15) is 0 Å². The average Bonchev–Trinajstić information content (AvgIpc) is 2.11. The van der Waals surface area contributed by atoms with Crippen molar-refractivity contribution in [1.82, 2.24) is 10.6 Å². The Labute approximate surface area is 98.6 Å². The molecule has 0 aliphatic heterocycles. The summed E-state index contributed by atoms with van der Waals surface area (Å²) in [5.74, 6) is 0.689. The normalized spacial score (nSPS) is 9.87. The van der Waals surface area contributed by atoms with Gasteiger partial charge in [0.05, 0.1) is 13.2 Å². The highest BCUT2D eigenvalue weighted by atomic mass is 35.5. The van der Waals surface area contributed by atoms with E-state index in [0.717, 1.165) is 13.0 Å². The van der Waals surface area contributed by atoms with Gasteiger partial charge in [0.2, 0.25) is 5.91 Å². The van der Waals surface area contributed by atoms with Crippen LogP contribution in [-0.2, 0) is 9.53 Å². The first-order valence-corrected chi connectivity index (χ1v) is 5.16. The van der Waals surface area contributed by atoms with E-state index >= 15 is 0 Å². The van der Waals surface area contributed by atoms with Crippen LogP contribution >= 0.6 is 12.4 Å². The van der Waals surface area contributed by atoms with Gasteiger partial charge in [-0.15, -0.1) is 12.4 Å².